The van der Waals surface area contributed by atoms with Crippen molar-refractivity contribution in [1.29, 1.82) is 0 Å². The van der Waals surface area contributed by atoms with Crippen LogP contribution in [-0.2, 0) is 6.42 Å². The van der Waals surface area contributed by atoms with E-state index < -0.39 is 0 Å². The number of hydrogen-bond acceptors (Lipinski definition) is 2. The van der Waals surface area contributed by atoms with E-state index in [0.717, 1.165) is 29.9 Å². The van der Waals surface area contributed by atoms with Gasteiger partial charge in [0.2, 0.25) is 5.91 Å². The Balaban J connectivity index is 1.59. The fraction of sp³-hybridized carbons (Fsp3) is 0.647. The molecule has 1 amide bonds. The van der Waals surface area contributed by atoms with Crippen molar-refractivity contribution in [3.05, 3.63) is 29.6 Å². The molecule has 0 aliphatic heterocycles. The monoisotopic (exact) mass is 270 g/mol. The van der Waals surface area contributed by atoms with Crippen LogP contribution in [0.5, 0.6) is 0 Å². The highest BCUT2D eigenvalue weighted by Gasteiger charge is 2.50. The van der Waals surface area contributed by atoms with E-state index in [9.17, 15) is 4.79 Å². The predicted molar refractivity (Wildman–Crippen MR) is 77.1 cm³/mol. The average molecular weight is 270 g/mol. The van der Waals surface area contributed by atoms with E-state index in [1.807, 2.05) is 6.07 Å². The summed E-state index contributed by atoms with van der Waals surface area (Å²) in [5.41, 5.74) is 7.50. The zero-order chi connectivity index (χ0) is 13.7. The molecule has 1 heterocycles. The molecule has 0 spiro atoms. The molecule has 4 aliphatic carbocycles. The van der Waals surface area contributed by atoms with Gasteiger partial charge in [0.1, 0.15) is 0 Å². The summed E-state index contributed by atoms with van der Waals surface area (Å²) in [6.07, 6.45) is 11.3. The quantitative estimate of drug-likeness (QED) is 0.918. The number of primary amides is 1. The van der Waals surface area contributed by atoms with E-state index in [4.69, 9.17) is 5.73 Å². The van der Waals surface area contributed by atoms with Crippen LogP contribution >= 0.6 is 0 Å². The van der Waals surface area contributed by atoms with Crippen molar-refractivity contribution < 1.29 is 4.79 Å². The zero-order valence-corrected chi connectivity index (χ0v) is 11.8. The van der Waals surface area contributed by atoms with Crippen molar-refractivity contribution in [2.24, 2.45) is 28.9 Å². The lowest BCUT2D eigenvalue weighted by Crippen LogP contribution is -2.47. The smallest absolute Gasteiger partial charge is 0.248 e. The van der Waals surface area contributed by atoms with Crippen LogP contribution in [0.3, 0.4) is 0 Å². The van der Waals surface area contributed by atoms with Gasteiger partial charge in [0.15, 0.2) is 0 Å². The van der Waals surface area contributed by atoms with Crippen LogP contribution in [0.4, 0.5) is 0 Å². The summed E-state index contributed by atoms with van der Waals surface area (Å²) in [6, 6.07) is 3.62. The molecule has 0 radical (unpaired) electrons. The Morgan fingerprint density at radius 3 is 2.35 bits per heavy atom. The zero-order valence-electron chi connectivity index (χ0n) is 11.8. The van der Waals surface area contributed by atoms with E-state index in [1.54, 1.807) is 12.3 Å². The molecule has 4 fully saturated rings. The Kier molecular flexibility index (Phi) is 2.66. The maximum Gasteiger partial charge on any atom is 0.248 e. The Morgan fingerprint density at radius 1 is 1.20 bits per heavy atom. The van der Waals surface area contributed by atoms with Gasteiger partial charge in [-0.2, -0.15) is 0 Å². The van der Waals surface area contributed by atoms with Crippen LogP contribution in [0.15, 0.2) is 18.3 Å². The number of hydrogen-bond donors (Lipinski definition) is 1. The van der Waals surface area contributed by atoms with Gasteiger partial charge in [-0.15, -0.1) is 0 Å². The van der Waals surface area contributed by atoms with Crippen molar-refractivity contribution in [1.82, 2.24) is 4.98 Å². The average Bonchev–Trinajstić information content (AvgIpc) is 2.36. The largest absolute Gasteiger partial charge is 0.366 e. The van der Waals surface area contributed by atoms with Crippen LogP contribution in [0.1, 0.15) is 54.6 Å². The minimum atomic E-state index is -0.348. The molecule has 4 aliphatic rings. The Hall–Kier alpha value is -1.38. The summed E-state index contributed by atoms with van der Waals surface area (Å²) in [5.74, 6) is 2.53. The molecule has 1 aromatic rings. The fourth-order valence-corrected chi connectivity index (χ4v) is 5.62. The van der Waals surface area contributed by atoms with Gasteiger partial charge in [0.05, 0.1) is 0 Å². The molecule has 0 atom stereocenters. The van der Waals surface area contributed by atoms with Crippen molar-refractivity contribution in [2.45, 2.75) is 44.9 Å². The Labute approximate surface area is 120 Å². The van der Waals surface area contributed by atoms with Crippen LogP contribution < -0.4 is 5.73 Å². The third kappa shape index (κ3) is 2.04. The number of amides is 1. The van der Waals surface area contributed by atoms with E-state index >= 15 is 0 Å². The second-order valence-corrected chi connectivity index (χ2v) is 7.49. The lowest BCUT2D eigenvalue weighted by Gasteiger charge is -2.57. The van der Waals surface area contributed by atoms with Gasteiger partial charge in [0.25, 0.3) is 0 Å². The summed E-state index contributed by atoms with van der Waals surface area (Å²) < 4.78 is 0. The predicted octanol–water partition coefficient (Wildman–Crippen LogP) is 2.94. The molecule has 20 heavy (non-hydrogen) atoms. The molecule has 0 saturated heterocycles. The van der Waals surface area contributed by atoms with Crippen LogP contribution in [0.2, 0.25) is 0 Å². The molecule has 3 nitrogen and oxygen atoms in total. The maximum absolute atomic E-state index is 11.3. The normalized spacial score (nSPS) is 38.1. The summed E-state index contributed by atoms with van der Waals surface area (Å²) in [5, 5.41) is 0. The van der Waals surface area contributed by atoms with Crippen LogP contribution in [0, 0.1) is 23.2 Å². The summed E-state index contributed by atoms with van der Waals surface area (Å²) >= 11 is 0. The van der Waals surface area contributed by atoms with Gasteiger partial charge >= 0.3 is 0 Å². The van der Waals surface area contributed by atoms with E-state index in [2.05, 4.69) is 4.98 Å². The number of carbonyl (C=O) groups excluding carboxylic acids is 1. The Bertz CT molecular complexity index is 516. The third-order valence-corrected chi connectivity index (χ3v) is 5.82. The molecular weight excluding hydrogens is 248 g/mol. The maximum atomic E-state index is 11.3. The minimum absolute atomic E-state index is 0.348. The van der Waals surface area contributed by atoms with Gasteiger partial charge in [-0.05, 0) is 80.2 Å². The highest BCUT2D eigenvalue weighted by Crippen LogP contribution is 2.60. The topological polar surface area (TPSA) is 56.0 Å². The molecule has 3 heteroatoms. The second kappa shape index (κ2) is 4.31. The van der Waals surface area contributed by atoms with Crippen molar-refractivity contribution in [3.8, 4) is 0 Å². The molecule has 0 aromatic carbocycles. The molecule has 0 unspecified atom stereocenters. The standard InChI is InChI=1S/C17H22N2O/c18-16(20)14-1-2-19-15(6-14)10-17-7-11-3-12(8-17)5-13(4-11)9-17/h1-2,6,11-13H,3-5,7-10H2,(H2,18,20). The van der Waals surface area contributed by atoms with E-state index in [1.165, 1.54) is 38.5 Å². The van der Waals surface area contributed by atoms with Gasteiger partial charge in [-0.3, -0.25) is 9.78 Å². The summed E-state index contributed by atoms with van der Waals surface area (Å²) in [6.45, 7) is 0. The van der Waals surface area contributed by atoms with Gasteiger partial charge in [-0.25, -0.2) is 0 Å². The molecule has 4 bridgehead atoms. The van der Waals surface area contributed by atoms with E-state index in [-0.39, 0.29) is 5.91 Å². The highest BCUT2D eigenvalue weighted by molar-refractivity contribution is 5.92. The second-order valence-electron chi connectivity index (χ2n) is 7.49. The number of pyridine rings is 1. The molecule has 4 saturated carbocycles. The number of carbonyl (C=O) groups is 1. The molecule has 1 aromatic heterocycles. The first-order chi connectivity index (χ1) is 9.62. The first kappa shape index (κ1) is 12.4. The van der Waals surface area contributed by atoms with Crippen LogP contribution in [-0.4, -0.2) is 10.9 Å². The lowest BCUT2D eigenvalue weighted by molar-refractivity contribution is -0.0526. The SMILES string of the molecule is NC(=O)c1ccnc(CC23CC4CC(CC(C4)C2)C3)c1. The third-order valence-electron chi connectivity index (χ3n) is 5.82. The van der Waals surface area contributed by atoms with Crippen LogP contribution in [0.25, 0.3) is 0 Å². The minimum Gasteiger partial charge on any atom is -0.366 e. The number of nitrogens with zero attached hydrogens (tertiary/aromatic N) is 1. The summed E-state index contributed by atoms with van der Waals surface area (Å²) in [7, 11) is 0. The highest BCUT2D eigenvalue weighted by atomic mass is 16.1. The molecular formula is C17H22N2O. The number of nitrogens with two attached hydrogens (primary N) is 1. The first-order valence-corrected chi connectivity index (χ1v) is 7.87. The van der Waals surface area contributed by atoms with Gasteiger partial charge < -0.3 is 5.73 Å². The van der Waals surface area contributed by atoms with Gasteiger partial charge in [0, 0.05) is 17.5 Å². The van der Waals surface area contributed by atoms with Gasteiger partial charge in [-0.1, -0.05) is 0 Å². The van der Waals surface area contributed by atoms with Crippen molar-refractivity contribution in [3.63, 3.8) is 0 Å². The molecule has 2 N–H and O–H groups in total. The van der Waals surface area contributed by atoms with E-state index in [0.29, 0.717) is 11.0 Å². The lowest BCUT2D eigenvalue weighted by atomic mass is 9.48. The molecule has 5 rings (SSSR count). The first-order valence-electron chi connectivity index (χ1n) is 7.87. The number of rotatable bonds is 3. The van der Waals surface area contributed by atoms with Crippen molar-refractivity contribution in [2.75, 3.05) is 0 Å². The molecule has 106 valence electrons. The van der Waals surface area contributed by atoms with Crippen molar-refractivity contribution >= 4 is 5.91 Å². The summed E-state index contributed by atoms with van der Waals surface area (Å²) in [4.78, 5) is 15.8. The fourth-order valence-electron chi connectivity index (χ4n) is 5.62. The Morgan fingerprint density at radius 2 is 1.80 bits per heavy atom. The number of aromatic nitrogens is 1.